The standard InChI is InChI=1S/C17H24N2O3S2/c1-4-12(2)23-16(13(3)18)17(20)19-10-15(11-19)24(21,22)14-8-6-5-7-9-14/h5-9,12,15H,4,10-11,18H2,1-3H3/b16-13+. The summed E-state index contributed by atoms with van der Waals surface area (Å²) in [5, 5.41) is -0.260. The van der Waals surface area contributed by atoms with E-state index in [1.807, 2.05) is 6.92 Å². The van der Waals surface area contributed by atoms with E-state index in [0.717, 1.165) is 6.42 Å². The van der Waals surface area contributed by atoms with E-state index in [1.165, 1.54) is 11.8 Å². The van der Waals surface area contributed by atoms with Crippen molar-refractivity contribution in [2.24, 2.45) is 5.73 Å². The first kappa shape index (κ1) is 18.9. The Labute approximate surface area is 148 Å². The highest BCUT2D eigenvalue weighted by Crippen LogP contribution is 2.31. The molecular formula is C17H24N2O3S2. The van der Waals surface area contributed by atoms with Gasteiger partial charge in [-0.1, -0.05) is 32.0 Å². The summed E-state index contributed by atoms with van der Waals surface area (Å²) in [5.41, 5.74) is 6.35. The van der Waals surface area contributed by atoms with E-state index in [9.17, 15) is 13.2 Å². The van der Waals surface area contributed by atoms with Gasteiger partial charge in [-0.05, 0) is 25.5 Å². The van der Waals surface area contributed by atoms with Crippen LogP contribution >= 0.6 is 11.8 Å². The fourth-order valence-electron chi connectivity index (χ4n) is 2.34. The van der Waals surface area contributed by atoms with Crippen molar-refractivity contribution in [3.8, 4) is 0 Å². The van der Waals surface area contributed by atoms with Crippen LogP contribution in [0.4, 0.5) is 0 Å². The van der Waals surface area contributed by atoms with Crippen LogP contribution in [0.2, 0.25) is 0 Å². The largest absolute Gasteiger partial charge is 0.401 e. The van der Waals surface area contributed by atoms with E-state index < -0.39 is 15.1 Å². The number of benzene rings is 1. The van der Waals surface area contributed by atoms with Gasteiger partial charge in [0.05, 0.1) is 9.80 Å². The number of thioether (sulfide) groups is 1. The molecule has 1 aromatic carbocycles. The molecule has 1 unspecified atom stereocenters. The highest BCUT2D eigenvalue weighted by Gasteiger charge is 2.41. The maximum Gasteiger partial charge on any atom is 0.262 e. The molecule has 1 aliphatic heterocycles. The molecule has 1 fully saturated rings. The van der Waals surface area contributed by atoms with Gasteiger partial charge in [0.15, 0.2) is 9.84 Å². The first-order chi connectivity index (χ1) is 11.3. The summed E-state index contributed by atoms with van der Waals surface area (Å²) in [6, 6.07) is 8.37. The van der Waals surface area contributed by atoms with Crippen LogP contribution in [0, 0.1) is 0 Å². The minimum Gasteiger partial charge on any atom is -0.401 e. The van der Waals surface area contributed by atoms with Gasteiger partial charge in [-0.2, -0.15) is 0 Å². The molecule has 1 heterocycles. The van der Waals surface area contributed by atoms with Crippen LogP contribution in [-0.2, 0) is 14.6 Å². The Hall–Kier alpha value is -1.47. The third kappa shape index (κ3) is 3.95. The van der Waals surface area contributed by atoms with Gasteiger partial charge in [0.1, 0.15) is 5.25 Å². The maximum absolute atomic E-state index is 12.6. The minimum absolute atomic E-state index is 0.167. The molecule has 1 aliphatic rings. The van der Waals surface area contributed by atoms with Gasteiger partial charge >= 0.3 is 0 Å². The van der Waals surface area contributed by atoms with Crippen LogP contribution in [0.1, 0.15) is 27.2 Å². The fraction of sp³-hybridized carbons (Fsp3) is 0.471. The molecule has 0 bridgehead atoms. The lowest BCUT2D eigenvalue weighted by Gasteiger charge is -2.39. The number of hydrogen-bond acceptors (Lipinski definition) is 5. The molecule has 1 saturated heterocycles. The topological polar surface area (TPSA) is 80.5 Å². The molecule has 0 spiro atoms. The van der Waals surface area contributed by atoms with Crippen LogP contribution in [0.15, 0.2) is 45.8 Å². The lowest BCUT2D eigenvalue weighted by atomic mass is 10.2. The van der Waals surface area contributed by atoms with Gasteiger partial charge < -0.3 is 10.6 Å². The molecule has 2 N–H and O–H groups in total. The zero-order valence-electron chi connectivity index (χ0n) is 14.2. The summed E-state index contributed by atoms with van der Waals surface area (Å²) >= 11 is 1.46. The molecule has 7 heteroatoms. The van der Waals surface area contributed by atoms with E-state index >= 15 is 0 Å². The number of nitrogens with two attached hydrogens (primary N) is 1. The van der Waals surface area contributed by atoms with Crippen LogP contribution in [0.3, 0.4) is 0 Å². The van der Waals surface area contributed by atoms with Crippen molar-refractivity contribution < 1.29 is 13.2 Å². The van der Waals surface area contributed by atoms with E-state index in [1.54, 1.807) is 42.2 Å². The number of carbonyl (C=O) groups excluding carboxylic acids is 1. The SMILES string of the molecule is CCC(C)S/C(C(=O)N1CC(S(=O)(=O)c2ccccc2)C1)=C(\C)N. The van der Waals surface area contributed by atoms with E-state index in [4.69, 9.17) is 5.73 Å². The monoisotopic (exact) mass is 368 g/mol. The normalized spacial score (nSPS) is 17.9. The van der Waals surface area contributed by atoms with Crippen molar-refractivity contribution in [3.63, 3.8) is 0 Å². The Kier molecular flexibility index (Phi) is 5.98. The summed E-state index contributed by atoms with van der Waals surface area (Å²) in [6.07, 6.45) is 0.930. The molecule has 0 aromatic heterocycles. The second-order valence-electron chi connectivity index (χ2n) is 6.04. The molecule has 5 nitrogen and oxygen atoms in total. The minimum atomic E-state index is -3.39. The first-order valence-corrected chi connectivity index (χ1v) is 10.4. The van der Waals surface area contributed by atoms with Crippen LogP contribution in [0.5, 0.6) is 0 Å². The van der Waals surface area contributed by atoms with Crippen molar-refractivity contribution in [2.75, 3.05) is 13.1 Å². The van der Waals surface area contributed by atoms with Gasteiger partial charge in [-0.25, -0.2) is 8.42 Å². The molecule has 1 atom stereocenters. The Morgan fingerprint density at radius 3 is 2.42 bits per heavy atom. The van der Waals surface area contributed by atoms with Crippen molar-refractivity contribution in [2.45, 2.75) is 42.6 Å². The third-order valence-corrected chi connectivity index (χ3v) is 7.67. The Morgan fingerprint density at radius 2 is 1.92 bits per heavy atom. The molecule has 0 aliphatic carbocycles. The predicted molar refractivity (Wildman–Crippen MR) is 98.2 cm³/mol. The molecule has 0 radical (unpaired) electrons. The van der Waals surface area contributed by atoms with Gasteiger partial charge in [0.2, 0.25) is 0 Å². The Bertz CT molecular complexity index is 719. The zero-order chi connectivity index (χ0) is 17.9. The number of likely N-dealkylation sites (tertiary alicyclic amines) is 1. The lowest BCUT2D eigenvalue weighted by Crippen LogP contribution is -2.57. The molecule has 0 saturated carbocycles. The quantitative estimate of drug-likeness (QED) is 0.780. The third-order valence-electron chi connectivity index (χ3n) is 4.09. The number of rotatable bonds is 6. The number of allylic oxidation sites excluding steroid dienone is 1. The molecule has 1 amide bonds. The number of nitrogens with zero attached hydrogens (tertiary/aromatic N) is 1. The number of carbonyl (C=O) groups is 1. The fourth-order valence-corrected chi connectivity index (χ4v) is 5.00. The summed E-state index contributed by atoms with van der Waals surface area (Å²) in [4.78, 5) is 15.0. The van der Waals surface area contributed by atoms with Gasteiger partial charge in [-0.3, -0.25) is 4.79 Å². The van der Waals surface area contributed by atoms with Gasteiger partial charge in [0, 0.05) is 24.0 Å². The maximum atomic E-state index is 12.6. The second kappa shape index (κ2) is 7.61. The summed E-state index contributed by atoms with van der Waals surface area (Å²) in [5.74, 6) is -0.167. The number of hydrogen-bond donors (Lipinski definition) is 1. The van der Waals surface area contributed by atoms with Crippen molar-refractivity contribution in [1.29, 1.82) is 0 Å². The van der Waals surface area contributed by atoms with E-state index in [-0.39, 0.29) is 24.2 Å². The Morgan fingerprint density at radius 1 is 1.33 bits per heavy atom. The second-order valence-corrected chi connectivity index (χ2v) is 9.72. The van der Waals surface area contributed by atoms with Crippen molar-refractivity contribution in [1.82, 2.24) is 4.90 Å². The summed E-state index contributed by atoms with van der Waals surface area (Å²) in [7, 11) is -3.39. The van der Waals surface area contributed by atoms with E-state index in [2.05, 4.69) is 6.92 Å². The van der Waals surface area contributed by atoms with Gasteiger partial charge in [-0.15, -0.1) is 11.8 Å². The first-order valence-electron chi connectivity index (χ1n) is 7.98. The molecule has 24 heavy (non-hydrogen) atoms. The Balaban J connectivity index is 2.06. The highest BCUT2D eigenvalue weighted by molar-refractivity contribution is 8.04. The lowest BCUT2D eigenvalue weighted by molar-refractivity contribution is -0.129. The number of amides is 1. The summed E-state index contributed by atoms with van der Waals surface area (Å²) in [6.45, 7) is 6.24. The molecule has 2 rings (SSSR count). The summed E-state index contributed by atoms with van der Waals surface area (Å²) < 4.78 is 25.1. The molecule has 132 valence electrons. The van der Waals surface area contributed by atoms with Gasteiger partial charge in [0.25, 0.3) is 5.91 Å². The van der Waals surface area contributed by atoms with Crippen LogP contribution < -0.4 is 5.73 Å². The zero-order valence-corrected chi connectivity index (χ0v) is 15.9. The van der Waals surface area contributed by atoms with Crippen LogP contribution in [-0.4, -0.2) is 42.8 Å². The highest BCUT2D eigenvalue weighted by atomic mass is 32.2. The van der Waals surface area contributed by atoms with Crippen molar-refractivity contribution >= 4 is 27.5 Å². The molecule has 1 aromatic rings. The number of sulfone groups is 1. The molecular weight excluding hydrogens is 344 g/mol. The van der Waals surface area contributed by atoms with Crippen LogP contribution in [0.25, 0.3) is 0 Å². The predicted octanol–water partition coefficient (Wildman–Crippen LogP) is 2.39. The van der Waals surface area contributed by atoms with E-state index in [0.29, 0.717) is 15.5 Å². The average molecular weight is 369 g/mol. The smallest absolute Gasteiger partial charge is 0.262 e. The average Bonchev–Trinajstić information content (AvgIpc) is 2.51. The van der Waals surface area contributed by atoms with Crippen molar-refractivity contribution in [3.05, 3.63) is 40.9 Å².